The quantitative estimate of drug-likeness (QED) is 0.793. The SMILES string of the molecule is CCOC(=O)c1cc(-c2ccccc2)n(OC)c1C. The third-order valence-electron chi connectivity index (χ3n) is 2.94. The highest BCUT2D eigenvalue weighted by Crippen LogP contribution is 2.25. The largest absolute Gasteiger partial charge is 0.462 e. The Labute approximate surface area is 112 Å². The second kappa shape index (κ2) is 5.61. The molecule has 1 heterocycles. The van der Waals surface area contributed by atoms with Crippen molar-refractivity contribution < 1.29 is 14.4 Å². The van der Waals surface area contributed by atoms with Crippen molar-refractivity contribution in [3.05, 3.63) is 47.7 Å². The van der Waals surface area contributed by atoms with Crippen LogP contribution in [0.5, 0.6) is 0 Å². The molecule has 0 aliphatic rings. The van der Waals surface area contributed by atoms with Crippen molar-refractivity contribution in [2.75, 3.05) is 13.7 Å². The molecule has 4 heteroatoms. The summed E-state index contributed by atoms with van der Waals surface area (Å²) < 4.78 is 6.69. The summed E-state index contributed by atoms with van der Waals surface area (Å²) in [5.41, 5.74) is 3.09. The minimum absolute atomic E-state index is 0.326. The maximum absolute atomic E-state index is 11.9. The van der Waals surface area contributed by atoms with Crippen molar-refractivity contribution in [1.29, 1.82) is 0 Å². The molecule has 1 aromatic heterocycles. The van der Waals surface area contributed by atoms with E-state index in [1.807, 2.05) is 37.3 Å². The fourth-order valence-electron chi connectivity index (χ4n) is 2.05. The van der Waals surface area contributed by atoms with E-state index < -0.39 is 0 Å². The van der Waals surface area contributed by atoms with E-state index >= 15 is 0 Å². The van der Waals surface area contributed by atoms with Crippen molar-refractivity contribution in [3.63, 3.8) is 0 Å². The highest BCUT2D eigenvalue weighted by atomic mass is 16.6. The molecule has 0 amide bonds. The summed E-state index contributed by atoms with van der Waals surface area (Å²) in [5, 5.41) is 0. The predicted octanol–water partition coefficient (Wildman–Crippen LogP) is 2.70. The summed E-state index contributed by atoms with van der Waals surface area (Å²) >= 11 is 0. The number of aromatic nitrogens is 1. The maximum Gasteiger partial charge on any atom is 0.340 e. The Balaban J connectivity index is 2.51. The van der Waals surface area contributed by atoms with E-state index in [9.17, 15) is 4.79 Å². The number of rotatable bonds is 4. The molecule has 0 atom stereocenters. The number of ether oxygens (including phenoxy) is 1. The standard InChI is InChI=1S/C15H17NO3/c1-4-19-15(17)13-10-14(16(18-3)11(13)2)12-8-6-5-7-9-12/h5-10H,4H2,1-3H3. The molecule has 19 heavy (non-hydrogen) atoms. The highest BCUT2D eigenvalue weighted by Gasteiger charge is 2.19. The van der Waals surface area contributed by atoms with Crippen LogP contribution in [0, 0.1) is 6.92 Å². The van der Waals surface area contributed by atoms with Gasteiger partial charge in [0.15, 0.2) is 0 Å². The fourth-order valence-corrected chi connectivity index (χ4v) is 2.05. The smallest absolute Gasteiger partial charge is 0.340 e. The molecule has 0 radical (unpaired) electrons. The lowest BCUT2D eigenvalue weighted by atomic mass is 10.1. The Morgan fingerprint density at radius 3 is 2.53 bits per heavy atom. The van der Waals surface area contributed by atoms with Gasteiger partial charge >= 0.3 is 5.97 Å². The molecule has 0 N–H and O–H groups in total. The molecule has 0 bridgehead atoms. The second-order valence-corrected chi connectivity index (χ2v) is 4.09. The van der Waals surface area contributed by atoms with Crippen molar-refractivity contribution in [2.24, 2.45) is 0 Å². The number of esters is 1. The van der Waals surface area contributed by atoms with Crippen LogP contribution in [0.1, 0.15) is 23.0 Å². The van der Waals surface area contributed by atoms with Crippen LogP contribution in [0.4, 0.5) is 0 Å². The first-order valence-corrected chi connectivity index (χ1v) is 6.18. The van der Waals surface area contributed by atoms with E-state index in [-0.39, 0.29) is 5.97 Å². The molecule has 100 valence electrons. The summed E-state index contributed by atoms with van der Waals surface area (Å²) in [6.07, 6.45) is 0. The fraction of sp³-hybridized carbons (Fsp3) is 0.267. The van der Waals surface area contributed by atoms with Crippen LogP contribution in [-0.4, -0.2) is 24.4 Å². The summed E-state index contributed by atoms with van der Waals surface area (Å²) in [6.45, 7) is 3.98. The minimum atomic E-state index is -0.326. The summed E-state index contributed by atoms with van der Waals surface area (Å²) in [6, 6.07) is 11.6. The Bertz CT molecular complexity index is 573. The molecule has 0 spiro atoms. The number of benzene rings is 1. The molecule has 0 unspecified atom stereocenters. The van der Waals surface area contributed by atoms with Crippen LogP contribution in [-0.2, 0) is 4.74 Å². The number of carbonyl (C=O) groups excluding carboxylic acids is 1. The van der Waals surface area contributed by atoms with E-state index in [0.29, 0.717) is 12.2 Å². The first kappa shape index (κ1) is 13.2. The van der Waals surface area contributed by atoms with Crippen LogP contribution in [0.25, 0.3) is 11.3 Å². The summed E-state index contributed by atoms with van der Waals surface area (Å²) in [5.74, 6) is -0.326. The molecule has 1 aromatic carbocycles. The average Bonchev–Trinajstić information content (AvgIpc) is 2.77. The van der Waals surface area contributed by atoms with Gasteiger partial charge in [-0.2, -0.15) is 4.73 Å². The van der Waals surface area contributed by atoms with Crippen LogP contribution in [0.3, 0.4) is 0 Å². The van der Waals surface area contributed by atoms with Gasteiger partial charge in [0.25, 0.3) is 0 Å². The lowest BCUT2D eigenvalue weighted by molar-refractivity contribution is 0.0523. The molecule has 0 aliphatic heterocycles. The van der Waals surface area contributed by atoms with Crippen molar-refractivity contribution >= 4 is 5.97 Å². The molecular weight excluding hydrogens is 242 g/mol. The third kappa shape index (κ3) is 2.47. The Morgan fingerprint density at radius 1 is 1.26 bits per heavy atom. The van der Waals surface area contributed by atoms with Crippen molar-refractivity contribution in [1.82, 2.24) is 4.73 Å². The molecule has 0 fully saturated rings. The van der Waals surface area contributed by atoms with Gasteiger partial charge in [0.2, 0.25) is 0 Å². The molecule has 4 nitrogen and oxygen atoms in total. The van der Waals surface area contributed by atoms with E-state index in [1.54, 1.807) is 24.8 Å². The Kier molecular flexibility index (Phi) is 3.90. The lowest BCUT2D eigenvalue weighted by Gasteiger charge is -2.09. The van der Waals surface area contributed by atoms with E-state index in [0.717, 1.165) is 17.0 Å². The molecule has 0 saturated heterocycles. The normalized spacial score (nSPS) is 10.3. The van der Waals surface area contributed by atoms with Crippen molar-refractivity contribution in [2.45, 2.75) is 13.8 Å². The first-order chi connectivity index (χ1) is 9.19. The van der Waals surface area contributed by atoms with Gasteiger partial charge in [-0.05, 0) is 19.9 Å². The topological polar surface area (TPSA) is 40.5 Å². The van der Waals surface area contributed by atoms with Crippen LogP contribution < -0.4 is 4.84 Å². The van der Waals surface area contributed by atoms with Gasteiger partial charge < -0.3 is 9.57 Å². The van der Waals surface area contributed by atoms with Gasteiger partial charge in [0, 0.05) is 5.56 Å². The lowest BCUT2D eigenvalue weighted by Crippen LogP contribution is -2.11. The van der Waals surface area contributed by atoms with E-state index in [4.69, 9.17) is 9.57 Å². The third-order valence-corrected chi connectivity index (χ3v) is 2.94. The second-order valence-electron chi connectivity index (χ2n) is 4.09. The first-order valence-electron chi connectivity index (χ1n) is 6.18. The van der Waals surface area contributed by atoms with Gasteiger partial charge in [-0.3, -0.25) is 0 Å². The van der Waals surface area contributed by atoms with Gasteiger partial charge in [-0.1, -0.05) is 30.3 Å². The zero-order valence-electron chi connectivity index (χ0n) is 11.3. The zero-order chi connectivity index (χ0) is 13.8. The predicted molar refractivity (Wildman–Crippen MR) is 73.1 cm³/mol. The number of nitrogens with zero attached hydrogens (tertiary/aromatic N) is 1. The number of carbonyl (C=O) groups is 1. The number of hydrogen-bond donors (Lipinski definition) is 0. The van der Waals surface area contributed by atoms with Gasteiger partial charge in [0.1, 0.15) is 7.11 Å². The highest BCUT2D eigenvalue weighted by molar-refractivity contribution is 5.92. The van der Waals surface area contributed by atoms with Crippen LogP contribution in [0.2, 0.25) is 0 Å². The summed E-state index contributed by atoms with van der Waals surface area (Å²) in [7, 11) is 1.58. The van der Waals surface area contributed by atoms with Gasteiger partial charge in [0.05, 0.1) is 23.6 Å². The monoisotopic (exact) mass is 259 g/mol. The Hall–Kier alpha value is -2.23. The molecular formula is C15H17NO3. The average molecular weight is 259 g/mol. The molecule has 0 aliphatic carbocycles. The molecule has 2 rings (SSSR count). The van der Waals surface area contributed by atoms with Gasteiger partial charge in [-0.25, -0.2) is 4.79 Å². The summed E-state index contributed by atoms with van der Waals surface area (Å²) in [4.78, 5) is 17.2. The van der Waals surface area contributed by atoms with Crippen LogP contribution >= 0.6 is 0 Å². The molecule has 2 aromatic rings. The van der Waals surface area contributed by atoms with E-state index in [2.05, 4.69) is 0 Å². The molecule has 0 saturated carbocycles. The minimum Gasteiger partial charge on any atom is -0.462 e. The zero-order valence-corrected chi connectivity index (χ0v) is 11.3. The maximum atomic E-state index is 11.9. The number of hydrogen-bond acceptors (Lipinski definition) is 3. The Morgan fingerprint density at radius 2 is 1.95 bits per heavy atom. The van der Waals surface area contributed by atoms with Gasteiger partial charge in [-0.15, -0.1) is 0 Å². The van der Waals surface area contributed by atoms with Crippen LogP contribution in [0.15, 0.2) is 36.4 Å². The van der Waals surface area contributed by atoms with E-state index in [1.165, 1.54) is 0 Å². The van der Waals surface area contributed by atoms with Crippen molar-refractivity contribution in [3.8, 4) is 11.3 Å².